The summed E-state index contributed by atoms with van der Waals surface area (Å²) in [6.07, 6.45) is 11.1. The van der Waals surface area contributed by atoms with E-state index in [0.717, 1.165) is 0 Å². The molecule has 0 aliphatic rings. The highest BCUT2D eigenvalue weighted by Crippen LogP contribution is 2.16. The zero-order valence-corrected chi connectivity index (χ0v) is 16.0. The molecule has 5 nitrogen and oxygen atoms in total. The average molecular weight is 339 g/mol. The largest absolute Gasteiger partial charge is 0.736 e. The number of nitrogens with zero attached hydrogens (tertiary/aromatic N) is 1. The molecule has 0 aromatic carbocycles. The number of rotatable bonds is 12. The summed E-state index contributed by atoms with van der Waals surface area (Å²) in [5.74, 6) is 0. The van der Waals surface area contributed by atoms with Crippen LogP contribution in [0.4, 0.5) is 0 Å². The third-order valence-corrected chi connectivity index (χ3v) is 3.94. The Balaban J connectivity index is 0. The van der Waals surface area contributed by atoms with E-state index in [1.807, 2.05) is 0 Å². The van der Waals surface area contributed by atoms with Crippen LogP contribution in [0.25, 0.3) is 0 Å². The summed E-state index contributed by atoms with van der Waals surface area (Å²) in [6, 6.07) is 0. The number of nitrogens with two attached hydrogens (primary N) is 1. The Bertz CT molecular complexity index is 287. The van der Waals surface area contributed by atoms with Gasteiger partial charge in [-0.2, -0.15) is 0 Å². The molecule has 0 rings (SSSR count). The molecule has 0 aromatic heterocycles. The maximum atomic E-state index is 8.85. The van der Waals surface area contributed by atoms with E-state index >= 15 is 0 Å². The first-order valence-electron chi connectivity index (χ1n) is 8.83. The summed E-state index contributed by atoms with van der Waals surface area (Å²) in [7, 11) is -4.42. The van der Waals surface area contributed by atoms with E-state index in [0.29, 0.717) is 0 Å². The molecule has 22 heavy (non-hydrogen) atoms. The summed E-state index contributed by atoms with van der Waals surface area (Å²) < 4.78 is 28.0. The molecule has 0 fully saturated rings. The van der Waals surface area contributed by atoms with Gasteiger partial charge in [0.25, 0.3) is 0 Å². The molecular weight excluding hydrogens is 300 g/mol. The fourth-order valence-electron chi connectivity index (χ4n) is 2.64. The molecule has 0 bridgehead atoms. The summed E-state index contributed by atoms with van der Waals surface area (Å²) in [5.41, 5.74) is 0. The van der Waals surface area contributed by atoms with Crippen LogP contribution in [0.2, 0.25) is 0 Å². The van der Waals surface area contributed by atoms with Gasteiger partial charge in [-0.05, 0) is 25.7 Å². The maximum absolute atomic E-state index is 8.85. The van der Waals surface area contributed by atoms with Gasteiger partial charge in [0, 0.05) is 0 Å². The van der Waals surface area contributed by atoms with Gasteiger partial charge in [-0.3, -0.25) is 0 Å². The topological polar surface area (TPSA) is 83.2 Å². The smallest absolute Gasteiger partial charge is 0.156 e. The van der Waals surface area contributed by atoms with Crippen molar-refractivity contribution >= 4 is 10.3 Å². The lowest BCUT2D eigenvalue weighted by atomic mass is 10.1. The molecule has 0 saturated carbocycles. The standard InChI is InChI=1S/C16H36N.H3NO3S/c1-5-9-13-17(14-10-6-2,15-11-7-3)16-12-8-4;1-5(2,3)4/h5-16H2,1-4H3;(H3,1,2,3,4)/q+1;/p-1. The highest BCUT2D eigenvalue weighted by Gasteiger charge is 2.24. The fourth-order valence-corrected chi connectivity index (χ4v) is 2.64. The van der Waals surface area contributed by atoms with E-state index in [9.17, 15) is 0 Å². The van der Waals surface area contributed by atoms with Crippen molar-refractivity contribution in [1.82, 2.24) is 0 Å². The quantitative estimate of drug-likeness (QED) is 0.437. The van der Waals surface area contributed by atoms with Crippen LogP contribution >= 0.6 is 0 Å². The SMILES string of the molecule is CCCC[N+](CCCC)(CCCC)CCCC.NS(=O)(=O)[O-]. The zero-order chi connectivity index (χ0) is 17.5. The van der Waals surface area contributed by atoms with E-state index in [1.165, 1.54) is 82.0 Å². The summed E-state index contributed by atoms with van der Waals surface area (Å²) in [4.78, 5) is 0. The monoisotopic (exact) mass is 338 g/mol. The molecule has 0 aromatic rings. The normalized spacial score (nSPS) is 11.9. The van der Waals surface area contributed by atoms with Gasteiger partial charge in [0.2, 0.25) is 0 Å². The van der Waals surface area contributed by atoms with Crippen LogP contribution in [0.5, 0.6) is 0 Å². The van der Waals surface area contributed by atoms with E-state index in [-0.39, 0.29) is 0 Å². The lowest BCUT2D eigenvalue weighted by Gasteiger charge is -2.39. The minimum atomic E-state index is -4.42. The van der Waals surface area contributed by atoms with Crippen molar-refractivity contribution in [3.63, 3.8) is 0 Å². The number of hydrogen-bond acceptors (Lipinski definition) is 3. The molecule has 0 saturated heterocycles. The van der Waals surface area contributed by atoms with Crippen molar-refractivity contribution < 1.29 is 17.5 Å². The van der Waals surface area contributed by atoms with Crippen LogP contribution in [-0.2, 0) is 10.3 Å². The van der Waals surface area contributed by atoms with E-state index in [4.69, 9.17) is 13.0 Å². The Morgan fingerprint density at radius 3 is 1.05 bits per heavy atom. The van der Waals surface area contributed by atoms with Gasteiger partial charge in [-0.25, -0.2) is 13.6 Å². The van der Waals surface area contributed by atoms with Gasteiger partial charge < -0.3 is 9.04 Å². The first-order valence-corrected chi connectivity index (χ1v) is 10.3. The molecule has 0 amide bonds. The molecular formula is C16H38N2O3S. The van der Waals surface area contributed by atoms with Crippen molar-refractivity contribution in [1.29, 1.82) is 0 Å². The number of unbranched alkanes of at least 4 members (excludes halogenated alkanes) is 4. The molecule has 2 N–H and O–H groups in total. The first kappa shape index (κ1) is 24.1. The van der Waals surface area contributed by atoms with E-state index < -0.39 is 10.3 Å². The van der Waals surface area contributed by atoms with Crippen molar-refractivity contribution in [3.05, 3.63) is 0 Å². The molecule has 0 radical (unpaired) electrons. The minimum absolute atomic E-state index is 1.35. The second-order valence-corrected chi connectivity index (χ2v) is 7.13. The van der Waals surface area contributed by atoms with Gasteiger partial charge in [-0.1, -0.05) is 53.4 Å². The van der Waals surface area contributed by atoms with Gasteiger partial charge in [-0.15, -0.1) is 0 Å². The Hall–Kier alpha value is -0.170. The lowest BCUT2D eigenvalue weighted by Crippen LogP contribution is -2.50. The average Bonchev–Trinajstić information content (AvgIpc) is 2.44. The van der Waals surface area contributed by atoms with Crippen LogP contribution in [-0.4, -0.2) is 43.6 Å². The van der Waals surface area contributed by atoms with Crippen LogP contribution in [0.15, 0.2) is 0 Å². The molecule has 0 aliphatic carbocycles. The summed E-state index contributed by atoms with van der Waals surface area (Å²) in [5, 5.41) is 3.77. The predicted molar refractivity (Wildman–Crippen MR) is 93.2 cm³/mol. The minimum Gasteiger partial charge on any atom is -0.736 e. The Labute approximate surface area is 138 Å². The second kappa shape index (κ2) is 14.4. The van der Waals surface area contributed by atoms with Crippen LogP contribution in [0.1, 0.15) is 79.1 Å². The first-order chi connectivity index (χ1) is 10.2. The highest BCUT2D eigenvalue weighted by molar-refractivity contribution is 7.83. The lowest BCUT2D eigenvalue weighted by molar-refractivity contribution is -0.929. The Morgan fingerprint density at radius 2 is 0.909 bits per heavy atom. The molecule has 136 valence electrons. The molecule has 0 atom stereocenters. The third-order valence-electron chi connectivity index (χ3n) is 3.94. The second-order valence-electron chi connectivity index (χ2n) is 6.14. The van der Waals surface area contributed by atoms with Crippen LogP contribution in [0.3, 0.4) is 0 Å². The van der Waals surface area contributed by atoms with Gasteiger partial charge in [0.15, 0.2) is 10.3 Å². The predicted octanol–water partition coefficient (Wildman–Crippen LogP) is 3.41. The zero-order valence-electron chi connectivity index (χ0n) is 15.1. The van der Waals surface area contributed by atoms with Crippen LogP contribution < -0.4 is 5.14 Å². The summed E-state index contributed by atoms with van der Waals surface area (Å²) >= 11 is 0. The highest BCUT2D eigenvalue weighted by atomic mass is 32.2. The maximum Gasteiger partial charge on any atom is 0.156 e. The van der Waals surface area contributed by atoms with E-state index in [1.54, 1.807) is 0 Å². The fraction of sp³-hybridized carbons (Fsp3) is 1.00. The Morgan fingerprint density at radius 1 is 0.727 bits per heavy atom. The molecule has 0 spiro atoms. The van der Waals surface area contributed by atoms with Crippen molar-refractivity contribution in [2.45, 2.75) is 79.1 Å². The van der Waals surface area contributed by atoms with Crippen molar-refractivity contribution in [2.24, 2.45) is 5.14 Å². The molecule has 6 heteroatoms. The van der Waals surface area contributed by atoms with Gasteiger partial charge >= 0.3 is 0 Å². The van der Waals surface area contributed by atoms with E-state index in [2.05, 4.69) is 32.8 Å². The van der Waals surface area contributed by atoms with Gasteiger partial charge in [0.1, 0.15) is 0 Å². The Kier molecular flexibility index (Phi) is 15.8. The molecule has 0 aliphatic heterocycles. The molecule has 0 unspecified atom stereocenters. The number of hydrogen-bond donors (Lipinski definition) is 1. The van der Waals surface area contributed by atoms with Gasteiger partial charge in [0.05, 0.1) is 26.2 Å². The van der Waals surface area contributed by atoms with Crippen molar-refractivity contribution in [2.75, 3.05) is 26.2 Å². The molecule has 0 heterocycles. The van der Waals surface area contributed by atoms with Crippen LogP contribution in [0, 0.1) is 0 Å². The van der Waals surface area contributed by atoms with Crippen molar-refractivity contribution in [3.8, 4) is 0 Å². The summed E-state index contributed by atoms with van der Waals surface area (Å²) in [6.45, 7) is 15.0. The number of quaternary nitrogens is 1. The third kappa shape index (κ3) is 17.9.